The number of ether oxygens (including phenoxy) is 1. The molecule has 2 aromatic rings. The average molecular weight is 324 g/mol. The number of hydrogen-bond donors (Lipinski definition) is 1. The summed E-state index contributed by atoms with van der Waals surface area (Å²) in [5, 5.41) is 17.2. The molecule has 0 aliphatic heterocycles. The van der Waals surface area contributed by atoms with Crippen molar-refractivity contribution in [1.82, 2.24) is 10.2 Å². The quantitative estimate of drug-likeness (QED) is 0.906. The first-order valence-corrected chi connectivity index (χ1v) is 7.55. The SMILES string of the molecule is CCOc1ccccc1-c1nnc(C2=CC=CC(C(=O)O)=CC2)o1. The van der Waals surface area contributed by atoms with Gasteiger partial charge in [0, 0.05) is 5.57 Å². The Balaban J connectivity index is 1.88. The van der Waals surface area contributed by atoms with E-state index >= 15 is 0 Å². The van der Waals surface area contributed by atoms with Crippen molar-refractivity contribution in [2.24, 2.45) is 0 Å². The Labute approximate surface area is 138 Å². The van der Waals surface area contributed by atoms with Crippen LogP contribution in [0.4, 0.5) is 0 Å². The molecule has 1 aliphatic rings. The molecule has 1 aliphatic carbocycles. The van der Waals surface area contributed by atoms with Crippen molar-refractivity contribution in [2.45, 2.75) is 13.3 Å². The highest BCUT2D eigenvalue weighted by Gasteiger charge is 2.16. The Hall–Kier alpha value is -3.15. The molecular weight excluding hydrogens is 308 g/mol. The zero-order valence-corrected chi connectivity index (χ0v) is 13.1. The van der Waals surface area contributed by atoms with Crippen molar-refractivity contribution < 1.29 is 19.1 Å². The van der Waals surface area contributed by atoms with Gasteiger partial charge in [0.1, 0.15) is 5.75 Å². The van der Waals surface area contributed by atoms with Crippen molar-refractivity contribution in [2.75, 3.05) is 6.61 Å². The summed E-state index contributed by atoms with van der Waals surface area (Å²) in [7, 11) is 0. The van der Waals surface area contributed by atoms with E-state index in [1.807, 2.05) is 31.2 Å². The zero-order valence-electron chi connectivity index (χ0n) is 13.1. The van der Waals surface area contributed by atoms with Crippen LogP contribution in [0.25, 0.3) is 17.0 Å². The number of benzene rings is 1. The minimum Gasteiger partial charge on any atom is -0.493 e. The Kier molecular flexibility index (Phi) is 4.56. The molecule has 1 aromatic heterocycles. The highest BCUT2D eigenvalue weighted by Crippen LogP contribution is 2.31. The number of rotatable bonds is 5. The molecule has 0 bridgehead atoms. The number of carboxylic acids is 1. The van der Waals surface area contributed by atoms with Gasteiger partial charge in [-0.05, 0) is 31.6 Å². The van der Waals surface area contributed by atoms with E-state index in [4.69, 9.17) is 14.3 Å². The van der Waals surface area contributed by atoms with Gasteiger partial charge in [0.25, 0.3) is 5.89 Å². The second kappa shape index (κ2) is 6.95. The van der Waals surface area contributed by atoms with Crippen molar-refractivity contribution in [3.63, 3.8) is 0 Å². The fourth-order valence-corrected chi connectivity index (χ4v) is 2.33. The number of hydrogen-bond acceptors (Lipinski definition) is 5. The summed E-state index contributed by atoms with van der Waals surface area (Å²) in [4.78, 5) is 11.0. The maximum atomic E-state index is 11.0. The molecule has 122 valence electrons. The Morgan fingerprint density at radius 2 is 2.08 bits per heavy atom. The number of carboxylic acid groups (broad SMARTS) is 1. The van der Waals surface area contributed by atoms with Gasteiger partial charge in [0.05, 0.1) is 17.7 Å². The molecule has 24 heavy (non-hydrogen) atoms. The van der Waals surface area contributed by atoms with E-state index < -0.39 is 5.97 Å². The number of carbonyl (C=O) groups is 1. The zero-order chi connectivity index (χ0) is 16.9. The van der Waals surface area contributed by atoms with Crippen molar-refractivity contribution in [1.29, 1.82) is 0 Å². The molecule has 0 saturated carbocycles. The first-order chi connectivity index (χ1) is 11.7. The van der Waals surface area contributed by atoms with Crippen molar-refractivity contribution >= 4 is 11.5 Å². The third kappa shape index (κ3) is 3.27. The summed E-state index contributed by atoms with van der Waals surface area (Å²) in [5.41, 5.74) is 1.72. The van der Waals surface area contributed by atoms with Gasteiger partial charge >= 0.3 is 5.97 Å². The molecule has 3 rings (SSSR count). The Morgan fingerprint density at radius 3 is 2.88 bits per heavy atom. The Morgan fingerprint density at radius 1 is 1.29 bits per heavy atom. The van der Waals surface area contributed by atoms with Crippen LogP contribution in [0.5, 0.6) is 5.75 Å². The highest BCUT2D eigenvalue weighted by atomic mass is 16.5. The second-order valence-electron chi connectivity index (χ2n) is 5.06. The maximum absolute atomic E-state index is 11.0. The number of para-hydroxylation sites is 1. The van der Waals surface area contributed by atoms with Crippen LogP contribution in [-0.2, 0) is 4.79 Å². The van der Waals surface area contributed by atoms with Crippen LogP contribution >= 0.6 is 0 Å². The van der Waals surface area contributed by atoms with Gasteiger partial charge in [-0.2, -0.15) is 0 Å². The minimum absolute atomic E-state index is 0.239. The largest absolute Gasteiger partial charge is 0.493 e. The lowest BCUT2D eigenvalue weighted by Crippen LogP contribution is -1.96. The van der Waals surface area contributed by atoms with Crippen LogP contribution in [0.15, 0.2) is 58.6 Å². The fourth-order valence-electron chi connectivity index (χ4n) is 2.33. The van der Waals surface area contributed by atoms with Crippen molar-refractivity contribution in [3.8, 4) is 17.2 Å². The molecule has 0 unspecified atom stereocenters. The first-order valence-electron chi connectivity index (χ1n) is 7.55. The third-order valence-electron chi connectivity index (χ3n) is 3.48. The first kappa shape index (κ1) is 15.7. The average Bonchev–Trinajstić information content (AvgIpc) is 2.93. The van der Waals surface area contributed by atoms with Gasteiger partial charge in [-0.25, -0.2) is 4.79 Å². The second-order valence-corrected chi connectivity index (χ2v) is 5.06. The van der Waals surface area contributed by atoms with Crippen molar-refractivity contribution in [3.05, 3.63) is 60.0 Å². The highest BCUT2D eigenvalue weighted by molar-refractivity contribution is 5.90. The number of aromatic nitrogens is 2. The maximum Gasteiger partial charge on any atom is 0.335 e. The normalized spacial score (nSPS) is 13.9. The van der Waals surface area contributed by atoms with Crippen LogP contribution < -0.4 is 4.74 Å². The standard InChI is InChI=1S/C18H16N2O4/c1-2-23-15-9-4-3-8-14(15)17-20-19-16(24-17)12-6-5-7-13(11-10-12)18(21)22/h3-9,11H,2,10H2,1H3,(H,21,22). The lowest BCUT2D eigenvalue weighted by molar-refractivity contribution is -0.132. The van der Waals surface area contributed by atoms with Gasteiger partial charge in [0.2, 0.25) is 5.89 Å². The molecule has 0 amide bonds. The van der Waals surface area contributed by atoms with Crippen LogP contribution in [0.3, 0.4) is 0 Å². The van der Waals surface area contributed by atoms with E-state index in [1.54, 1.807) is 18.2 Å². The lowest BCUT2D eigenvalue weighted by Gasteiger charge is -2.06. The molecule has 0 spiro atoms. The van der Waals surface area contributed by atoms with Gasteiger partial charge in [0.15, 0.2) is 0 Å². The van der Waals surface area contributed by atoms with Gasteiger partial charge in [-0.1, -0.05) is 30.4 Å². The summed E-state index contributed by atoms with van der Waals surface area (Å²) in [5.74, 6) is 0.449. The van der Waals surface area contributed by atoms with Gasteiger partial charge in [-0.3, -0.25) is 0 Å². The van der Waals surface area contributed by atoms with Crippen LogP contribution in [-0.4, -0.2) is 27.9 Å². The topological polar surface area (TPSA) is 85.5 Å². The molecule has 0 saturated heterocycles. The van der Waals surface area contributed by atoms with Crippen LogP contribution in [0.1, 0.15) is 19.2 Å². The molecule has 0 radical (unpaired) electrons. The summed E-state index contributed by atoms with van der Waals surface area (Å²) in [6, 6.07) is 7.45. The summed E-state index contributed by atoms with van der Waals surface area (Å²) in [6.07, 6.45) is 7.01. The van der Waals surface area contributed by atoms with Crippen LogP contribution in [0, 0.1) is 0 Å². The van der Waals surface area contributed by atoms with E-state index in [1.165, 1.54) is 6.08 Å². The lowest BCUT2D eigenvalue weighted by atomic mass is 10.1. The molecule has 6 nitrogen and oxygen atoms in total. The molecule has 1 N–H and O–H groups in total. The number of allylic oxidation sites excluding steroid dienone is 4. The van der Waals surface area contributed by atoms with E-state index in [0.717, 1.165) is 11.1 Å². The Bertz CT molecular complexity index is 846. The fraction of sp³-hybridized carbons (Fsp3) is 0.167. The number of aliphatic carboxylic acids is 1. The predicted octanol–water partition coefficient (Wildman–Crippen LogP) is 3.49. The molecule has 0 atom stereocenters. The summed E-state index contributed by atoms with van der Waals surface area (Å²) in [6.45, 7) is 2.45. The predicted molar refractivity (Wildman–Crippen MR) is 88.4 cm³/mol. The summed E-state index contributed by atoms with van der Waals surface area (Å²) < 4.78 is 11.3. The monoisotopic (exact) mass is 324 g/mol. The smallest absolute Gasteiger partial charge is 0.335 e. The molecular formula is C18H16N2O4. The molecule has 1 heterocycles. The van der Waals surface area contributed by atoms with Gasteiger partial charge < -0.3 is 14.3 Å². The number of nitrogens with zero attached hydrogens (tertiary/aromatic N) is 2. The van der Waals surface area contributed by atoms with E-state index in [0.29, 0.717) is 30.6 Å². The molecule has 6 heteroatoms. The van der Waals surface area contributed by atoms with E-state index in [2.05, 4.69) is 10.2 Å². The summed E-state index contributed by atoms with van der Waals surface area (Å²) >= 11 is 0. The minimum atomic E-state index is -0.960. The van der Waals surface area contributed by atoms with Gasteiger partial charge in [-0.15, -0.1) is 10.2 Å². The van der Waals surface area contributed by atoms with Crippen LogP contribution in [0.2, 0.25) is 0 Å². The third-order valence-corrected chi connectivity index (χ3v) is 3.48. The molecule has 1 aromatic carbocycles. The van der Waals surface area contributed by atoms with E-state index in [-0.39, 0.29) is 5.57 Å². The van der Waals surface area contributed by atoms with E-state index in [9.17, 15) is 4.79 Å². The molecule has 0 fully saturated rings.